The molecule has 6 heteroatoms. The Hall–Kier alpha value is -2.73. The van der Waals surface area contributed by atoms with Crippen LogP contribution in [0.1, 0.15) is 30.3 Å². The summed E-state index contributed by atoms with van der Waals surface area (Å²) in [6.45, 7) is 2.79. The Balaban J connectivity index is 1.72. The van der Waals surface area contributed by atoms with Gasteiger partial charge < -0.3 is 4.74 Å². The summed E-state index contributed by atoms with van der Waals surface area (Å²) in [7, 11) is 0. The predicted molar refractivity (Wildman–Crippen MR) is 106 cm³/mol. The number of aromatic amines is 1. The topological polar surface area (TPSA) is 55.2 Å². The second-order valence-corrected chi connectivity index (χ2v) is 6.29. The van der Waals surface area contributed by atoms with Gasteiger partial charge in [0.05, 0.1) is 12.8 Å². The SMILES string of the molecule is CCCOc1cccc(/C=N\n2c(CCc3ccccc3)n[nH]c2=S)c1. The number of nitrogens with zero attached hydrogens (tertiary/aromatic N) is 3. The van der Waals surface area contributed by atoms with Crippen LogP contribution < -0.4 is 4.74 Å². The second-order valence-electron chi connectivity index (χ2n) is 5.91. The number of H-pyrrole nitrogens is 1. The number of aromatic nitrogens is 3. The molecule has 0 spiro atoms. The molecule has 0 amide bonds. The fourth-order valence-electron chi connectivity index (χ4n) is 2.53. The molecule has 1 aromatic heterocycles. The zero-order valence-corrected chi connectivity index (χ0v) is 15.6. The van der Waals surface area contributed by atoms with E-state index in [4.69, 9.17) is 17.0 Å². The zero-order valence-electron chi connectivity index (χ0n) is 14.8. The van der Waals surface area contributed by atoms with Crippen LogP contribution in [0.5, 0.6) is 5.75 Å². The van der Waals surface area contributed by atoms with Gasteiger partial charge in [0.15, 0.2) is 5.82 Å². The maximum atomic E-state index is 5.66. The third-order valence-corrected chi connectivity index (χ3v) is 4.12. The molecule has 0 aliphatic heterocycles. The molecule has 5 nitrogen and oxygen atoms in total. The molecule has 0 aliphatic carbocycles. The van der Waals surface area contributed by atoms with Crippen LogP contribution in [0.15, 0.2) is 59.7 Å². The van der Waals surface area contributed by atoms with Crippen LogP contribution >= 0.6 is 12.2 Å². The van der Waals surface area contributed by atoms with Crippen molar-refractivity contribution in [2.45, 2.75) is 26.2 Å². The normalized spacial score (nSPS) is 11.1. The summed E-state index contributed by atoms with van der Waals surface area (Å²) in [5.74, 6) is 1.66. The maximum Gasteiger partial charge on any atom is 0.216 e. The Morgan fingerprint density at radius 2 is 2.00 bits per heavy atom. The van der Waals surface area contributed by atoms with Crippen LogP contribution in [0.25, 0.3) is 0 Å². The lowest BCUT2D eigenvalue weighted by molar-refractivity contribution is 0.317. The lowest BCUT2D eigenvalue weighted by Crippen LogP contribution is -2.01. The summed E-state index contributed by atoms with van der Waals surface area (Å²) in [5, 5.41) is 11.6. The first-order valence-electron chi connectivity index (χ1n) is 8.73. The number of benzene rings is 2. The minimum absolute atomic E-state index is 0.489. The van der Waals surface area contributed by atoms with Gasteiger partial charge in [-0.15, -0.1) is 0 Å². The van der Waals surface area contributed by atoms with E-state index in [0.29, 0.717) is 11.4 Å². The van der Waals surface area contributed by atoms with Crippen LogP contribution in [-0.2, 0) is 12.8 Å². The lowest BCUT2D eigenvalue weighted by atomic mass is 10.1. The monoisotopic (exact) mass is 366 g/mol. The van der Waals surface area contributed by atoms with Crippen LogP contribution in [-0.4, -0.2) is 27.7 Å². The van der Waals surface area contributed by atoms with Crippen molar-refractivity contribution in [1.29, 1.82) is 0 Å². The van der Waals surface area contributed by atoms with E-state index in [1.54, 1.807) is 10.9 Å². The molecule has 0 bridgehead atoms. The number of nitrogens with one attached hydrogen (secondary N) is 1. The van der Waals surface area contributed by atoms with Crippen LogP contribution in [0.3, 0.4) is 0 Å². The van der Waals surface area contributed by atoms with E-state index in [1.165, 1.54) is 5.56 Å². The lowest BCUT2D eigenvalue weighted by Gasteiger charge is -2.05. The molecule has 0 saturated heterocycles. The number of ether oxygens (including phenoxy) is 1. The highest BCUT2D eigenvalue weighted by Gasteiger charge is 2.05. The molecule has 0 fully saturated rings. The van der Waals surface area contributed by atoms with Gasteiger partial charge in [-0.2, -0.15) is 14.9 Å². The molecule has 0 radical (unpaired) electrons. The van der Waals surface area contributed by atoms with E-state index in [1.807, 2.05) is 42.5 Å². The summed E-state index contributed by atoms with van der Waals surface area (Å²) in [4.78, 5) is 0. The first kappa shape index (κ1) is 18.1. The van der Waals surface area contributed by atoms with Gasteiger partial charge in [-0.25, -0.2) is 0 Å². The molecule has 3 aromatic rings. The first-order valence-corrected chi connectivity index (χ1v) is 9.14. The average molecular weight is 366 g/mol. The summed E-state index contributed by atoms with van der Waals surface area (Å²) >= 11 is 5.31. The molecule has 2 aromatic carbocycles. The van der Waals surface area contributed by atoms with Crippen LogP contribution in [0.4, 0.5) is 0 Å². The van der Waals surface area contributed by atoms with Gasteiger partial charge in [-0.05, 0) is 48.3 Å². The number of aryl methyl sites for hydroxylation is 2. The Labute approximate surface area is 158 Å². The smallest absolute Gasteiger partial charge is 0.216 e. The van der Waals surface area contributed by atoms with Gasteiger partial charge in [-0.1, -0.05) is 49.4 Å². The van der Waals surface area contributed by atoms with Gasteiger partial charge in [0.25, 0.3) is 0 Å². The Bertz CT molecular complexity index is 915. The van der Waals surface area contributed by atoms with E-state index in [2.05, 4.69) is 34.4 Å². The van der Waals surface area contributed by atoms with E-state index >= 15 is 0 Å². The predicted octanol–water partition coefficient (Wildman–Crippen LogP) is 4.40. The number of rotatable bonds is 8. The number of hydrogen-bond donors (Lipinski definition) is 1. The Morgan fingerprint density at radius 3 is 2.81 bits per heavy atom. The standard InChI is InChI=1S/C20H22N4OS/c1-2-13-25-18-10-6-9-17(14-18)15-21-24-19(22-23-20(24)26)12-11-16-7-4-3-5-8-16/h3-10,14-15H,2,11-13H2,1H3,(H,23,26)/b21-15-. The Kier molecular flexibility index (Phi) is 6.33. The highest BCUT2D eigenvalue weighted by atomic mass is 32.1. The largest absolute Gasteiger partial charge is 0.494 e. The van der Waals surface area contributed by atoms with Crippen molar-refractivity contribution in [3.05, 3.63) is 76.3 Å². The van der Waals surface area contributed by atoms with Crippen molar-refractivity contribution < 1.29 is 4.74 Å². The molecule has 0 saturated carbocycles. The average Bonchev–Trinajstić information content (AvgIpc) is 3.04. The molecule has 134 valence electrons. The van der Waals surface area contributed by atoms with Crippen molar-refractivity contribution in [3.63, 3.8) is 0 Å². The maximum absolute atomic E-state index is 5.66. The van der Waals surface area contributed by atoms with Crippen LogP contribution in [0.2, 0.25) is 0 Å². The van der Waals surface area contributed by atoms with E-state index in [-0.39, 0.29) is 0 Å². The molecule has 0 aliphatic rings. The van der Waals surface area contributed by atoms with E-state index in [0.717, 1.165) is 36.4 Å². The molecule has 0 unspecified atom stereocenters. The molecular formula is C20H22N4OS. The fourth-order valence-corrected chi connectivity index (χ4v) is 2.73. The summed E-state index contributed by atoms with van der Waals surface area (Å²) < 4.78 is 7.83. The van der Waals surface area contributed by atoms with Crippen molar-refractivity contribution in [1.82, 2.24) is 14.9 Å². The molecule has 3 rings (SSSR count). The third kappa shape index (κ3) is 4.89. The van der Waals surface area contributed by atoms with E-state index < -0.39 is 0 Å². The quantitative estimate of drug-likeness (QED) is 0.475. The molecule has 26 heavy (non-hydrogen) atoms. The van der Waals surface area contributed by atoms with Gasteiger partial charge in [0.2, 0.25) is 4.77 Å². The zero-order chi connectivity index (χ0) is 18.2. The van der Waals surface area contributed by atoms with Crippen molar-refractivity contribution in [2.24, 2.45) is 5.10 Å². The summed E-state index contributed by atoms with van der Waals surface area (Å²) in [5.41, 5.74) is 2.22. The van der Waals surface area contributed by atoms with Crippen molar-refractivity contribution in [2.75, 3.05) is 6.61 Å². The van der Waals surface area contributed by atoms with E-state index in [9.17, 15) is 0 Å². The highest BCUT2D eigenvalue weighted by Crippen LogP contribution is 2.13. The minimum atomic E-state index is 0.489. The van der Waals surface area contributed by atoms with Gasteiger partial charge in [0.1, 0.15) is 5.75 Å². The second kappa shape index (κ2) is 9.10. The van der Waals surface area contributed by atoms with Crippen molar-refractivity contribution in [3.8, 4) is 5.75 Å². The first-order chi connectivity index (χ1) is 12.8. The molecular weight excluding hydrogens is 344 g/mol. The molecule has 0 atom stereocenters. The molecule has 1 N–H and O–H groups in total. The van der Waals surface area contributed by atoms with Crippen molar-refractivity contribution >= 4 is 18.4 Å². The van der Waals surface area contributed by atoms with Crippen LogP contribution in [0, 0.1) is 4.77 Å². The summed E-state index contributed by atoms with van der Waals surface area (Å²) in [6.07, 6.45) is 4.40. The minimum Gasteiger partial charge on any atom is -0.494 e. The Morgan fingerprint density at radius 1 is 1.15 bits per heavy atom. The van der Waals surface area contributed by atoms with Gasteiger partial charge in [0, 0.05) is 6.42 Å². The fraction of sp³-hybridized carbons (Fsp3) is 0.250. The molecule has 1 heterocycles. The summed E-state index contributed by atoms with van der Waals surface area (Å²) in [6, 6.07) is 18.2. The number of hydrogen-bond acceptors (Lipinski definition) is 4. The van der Waals surface area contributed by atoms with Gasteiger partial charge in [-0.3, -0.25) is 5.10 Å². The third-order valence-electron chi connectivity index (χ3n) is 3.85. The highest BCUT2D eigenvalue weighted by molar-refractivity contribution is 7.71. The van der Waals surface area contributed by atoms with Gasteiger partial charge >= 0.3 is 0 Å².